The monoisotopic (exact) mass is 386 g/mol. The highest BCUT2D eigenvalue weighted by atomic mass is 16.5. The minimum atomic E-state index is -0.671. The number of imide groups is 1. The highest BCUT2D eigenvalue weighted by Gasteiger charge is 2.17. The quantitative estimate of drug-likeness (QED) is 0.407. The number of esters is 1. The van der Waals surface area contributed by atoms with Gasteiger partial charge >= 0.3 is 12.0 Å². The second kappa shape index (κ2) is 11.6. The van der Waals surface area contributed by atoms with Crippen molar-refractivity contribution >= 4 is 24.0 Å². The summed E-state index contributed by atoms with van der Waals surface area (Å²) < 4.78 is 10.2. The van der Waals surface area contributed by atoms with Crippen molar-refractivity contribution in [2.45, 2.75) is 38.1 Å². The van der Waals surface area contributed by atoms with E-state index in [1.807, 2.05) is 0 Å². The van der Waals surface area contributed by atoms with Gasteiger partial charge in [0, 0.05) is 12.1 Å². The Morgan fingerprint density at radius 2 is 1.82 bits per heavy atom. The van der Waals surface area contributed by atoms with E-state index >= 15 is 0 Å². The summed E-state index contributed by atoms with van der Waals surface area (Å²) in [5.41, 5.74) is 0.777. The van der Waals surface area contributed by atoms with E-state index in [0.717, 1.165) is 31.2 Å². The summed E-state index contributed by atoms with van der Waals surface area (Å²) in [6.07, 6.45) is 9.60. The molecule has 0 unspecified atom stereocenters. The summed E-state index contributed by atoms with van der Waals surface area (Å²) in [4.78, 5) is 35.2. The van der Waals surface area contributed by atoms with Crippen LogP contribution in [0.2, 0.25) is 0 Å². The van der Waals surface area contributed by atoms with Crippen LogP contribution in [0.25, 0.3) is 6.08 Å². The molecule has 1 aliphatic carbocycles. The van der Waals surface area contributed by atoms with Crippen LogP contribution >= 0.6 is 0 Å². The normalized spacial score (nSPS) is 14.3. The van der Waals surface area contributed by atoms with Crippen molar-refractivity contribution in [3.8, 4) is 5.75 Å². The molecule has 3 amide bonds. The van der Waals surface area contributed by atoms with Gasteiger partial charge in [-0.1, -0.05) is 44.1 Å². The zero-order valence-electron chi connectivity index (χ0n) is 15.8. The van der Waals surface area contributed by atoms with E-state index in [9.17, 15) is 14.4 Å². The Hall–Kier alpha value is -3.09. The van der Waals surface area contributed by atoms with E-state index in [1.165, 1.54) is 12.5 Å². The third-order valence-electron chi connectivity index (χ3n) is 4.20. The lowest BCUT2D eigenvalue weighted by Gasteiger charge is -2.22. The number of hydrogen-bond donors (Lipinski definition) is 2. The summed E-state index contributed by atoms with van der Waals surface area (Å²) >= 11 is 0. The summed E-state index contributed by atoms with van der Waals surface area (Å²) in [6.45, 7) is 3.48. The number of amides is 3. The topological polar surface area (TPSA) is 93.7 Å². The maximum Gasteiger partial charge on any atom is 0.331 e. The zero-order valence-corrected chi connectivity index (χ0v) is 15.8. The number of urea groups is 1. The third kappa shape index (κ3) is 8.07. The molecule has 0 radical (unpaired) electrons. The van der Waals surface area contributed by atoms with Gasteiger partial charge in [-0.05, 0) is 36.6 Å². The molecule has 1 aliphatic rings. The maximum absolute atomic E-state index is 11.8. The first-order valence-corrected chi connectivity index (χ1v) is 9.36. The average molecular weight is 386 g/mol. The molecule has 1 aromatic rings. The molecular weight excluding hydrogens is 360 g/mol. The Morgan fingerprint density at radius 3 is 2.50 bits per heavy atom. The SMILES string of the molecule is C=CCOc1ccc(/C=C/C(=O)OCC(=O)NC(=O)NC2CCCCC2)cc1. The van der Waals surface area contributed by atoms with Gasteiger partial charge in [-0.15, -0.1) is 0 Å². The van der Waals surface area contributed by atoms with Crippen molar-refractivity contribution in [1.29, 1.82) is 0 Å². The molecule has 7 nitrogen and oxygen atoms in total. The minimum absolute atomic E-state index is 0.0978. The van der Waals surface area contributed by atoms with Gasteiger partial charge in [-0.3, -0.25) is 10.1 Å². The molecule has 0 spiro atoms. The van der Waals surface area contributed by atoms with E-state index in [1.54, 1.807) is 36.4 Å². The molecule has 0 atom stereocenters. The lowest BCUT2D eigenvalue weighted by molar-refractivity contribution is -0.143. The Kier molecular flexibility index (Phi) is 8.78. The van der Waals surface area contributed by atoms with Crippen molar-refractivity contribution < 1.29 is 23.9 Å². The van der Waals surface area contributed by atoms with Crippen LogP contribution in [0.3, 0.4) is 0 Å². The van der Waals surface area contributed by atoms with Crippen LogP contribution < -0.4 is 15.4 Å². The summed E-state index contributed by atoms with van der Waals surface area (Å²) in [5.74, 6) is -0.642. The van der Waals surface area contributed by atoms with Gasteiger partial charge in [-0.2, -0.15) is 0 Å². The standard InChI is InChI=1S/C21H26N2O5/c1-2-14-27-18-11-8-16(9-12-18)10-13-20(25)28-15-19(24)23-21(26)22-17-6-4-3-5-7-17/h2,8-13,17H,1,3-7,14-15H2,(H2,22,23,24,26)/b13-10+. The summed E-state index contributed by atoms with van der Waals surface area (Å²) in [7, 11) is 0. The lowest BCUT2D eigenvalue weighted by atomic mass is 9.96. The fraction of sp³-hybridized carbons (Fsp3) is 0.381. The summed E-state index contributed by atoms with van der Waals surface area (Å²) in [5, 5.41) is 4.93. The average Bonchev–Trinajstić information content (AvgIpc) is 2.70. The van der Waals surface area contributed by atoms with Gasteiger partial charge in [0.05, 0.1) is 0 Å². The van der Waals surface area contributed by atoms with Crippen molar-refractivity contribution in [3.63, 3.8) is 0 Å². The Balaban J connectivity index is 1.67. The predicted molar refractivity (Wildman–Crippen MR) is 106 cm³/mol. The molecule has 2 rings (SSSR count). The van der Waals surface area contributed by atoms with Crippen molar-refractivity contribution in [2.24, 2.45) is 0 Å². The van der Waals surface area contributed by atoms with E-state index in [0.29, 0.717) is 12.4 Å². The van der Waals surface area contributed by atoms with E-state index in [-0.39, 0.29) is 6.04 Å². The van der Waals surface area contributed by atoms with Crippen LogP contribution in [0, 0.1) is 0 Å². The van der Waals surface area contributed by atoms with Crippen LogP contribution in [0.4, 0.5) is 4.79 Å². The first kappa shape index (κ1) is 21.2. The molecule has 2 N–H and O–H groups in total. The minimum Gasteiger partial charge on any atom is -0.490 e. The van der Waals surface area contributed by atoms with Crippen LogP contribution in [0.15, 0.2) is 43.0 Å². The molecule has 28 heavy (non-hydrogen) atoms. The summed E-state index contributed by atoms with van der Waals surface area (Å²) in [6, 6.07) is 6.65. The molecule has 1 aromatic carbocycles. The van der Waals surface area contributed by atoms with Crippen LogP contribution in [0.1, 0.15) is 37.7 Å². The highest BCUT2D eigenvalue weighted by Crippen LogP contribution is 2.17. The molecule has 1 saturated carbocycles. The number of nitrogens with one attached hydrogen (secondary N) is 2. The third-order valence-corrected chi connectivity index (χ3v) is 4.20. The Morgan fingerprint density at radius 1 is 1.11 bits per heavy atom. The van der Waals surface area contributed by atoms with E-state index in [4.69, 9.17) is 9.47 Å². The van der Waals surface area contributed by atoms with Crippen LogP contribution in [0.5, 0.6) is 5.75 Å². The first-order chi connectivity index (χ1) is 13.6. The first-order valence-electron chi connectivity index (χ1n) is 9.36. The van der Waals surface area contributed by atoms with Gasteiger partial charge < -0.3 is 14.8 Å². The van der Waals surface area contributed by atoms with Crippen molar-refractivity contribution in [1.82, 2.24) is 10.6 Å². The lowest BCUT2D eigenvalue weighted by Crippen LogP contribution is -2.46. The Labute approximate surface area is 164 Å². The van der Waals surface area contributed by atoms with E-state index < -0.39 is 24.5 Å². The fourth-order valence-electron chi connectivity index (χ4n) is 2.81. The molecule has 0 bridgehead atoms. The van der Waals surface area contributed by atoms with Gasteiger partial charge in [-0.25, -0.2) is 9.59 Å². The number of carbonyl (C=O) groups excluding carboxylic acids is 3. The predicted octanol–water partition coefficient (Wildman–Crippen LogP) is 2.97. The molecule has 0 heterocycles. The molecular formula is C21H26N2O5. The number of ether oxygens (including phenoxy) is 2. The number of benzene rings is 1. The molecule has 7 heteroatoms. The second-order valence-electron chi connectivity index (χ2n) is 6.47. The highest BCUT2D eigenvalue weighted by molar-refractivity contribution is 5.96. The van der Waals surface area contributed by atoms with Gasteiger partial charge in [0.2, 0.25) is 0 Å². The molecule has 1 fully saturated rings. The largest absolute Gasteiger partial charge is 0.490 e. The second-order valence-corrected chi connectivity index (χ2v) is 6.47. The molecule has 0 aliphatic heterocycles. The van der Waals surface area contributed by atoms with Gasteiger partial charge in [0.1, 0.15) is 12.4 Å². The Bertz CT molecular complexity index is 706. The smallest absolute Gasteiger partial charge is 0.331 e. The van der Waals surface area contributed by atoms with Crippen LogP contribution in [-0.2, 0) is 14.3 Å². The maximum atomic E-state index is 11.8. The van der Waals surface area contributed by atoms with E-state index in [2.05, 4.69) is 17.2 Å². The van der Waals surface area contributed by atoms with Gasteiger partial charge in [0.15, 0.2) is 6.61 Å². The fourth-order valence-corrected chi connectivity index (χ4v) is 2.81. The van der Waals surface area contributed by atoms with Crippen molar-refractivity contribution in [3.05, 3.63) is 48.6 Å². The molecule has 0 saturated heterocycles. The molecule has 0 aromatic heterocycles. The van der Waals surface area contributed by atoms with Crippen molar-refractivity contribution in [2.75, 3.05) is 13.2 Å². The zero-order chi connectivity index (χ0) is 20.2. The number of carbonyl (C=O) groups is 3. The van der Waals surface area contributed by atoms with Crippen LogP contribution in [-0.4, -0.2) is 37.2 Å². The number of hydrogen-bond acceptors (Lipinski definition) is 5. The molecule has 150 valence electrons. The van der Waals surface area contributed by atoms with Gasteiger partial charge in [0.25, 0.3) is 5.91 Å². The number of rotatable bonds is 8.